The second-order valence-corrected chi connectivity index (χ2v) is 14.4. The van der Waals surface area contributed by atoms with Crippen molar-refractivity contribution in [2.75, 3.05) is 20.1 Å². The highest BCUT2D eigenvalue weighted by Crippen LogP contribution is 2.40. The summed E-state index contributed by atoms with van der Waals surface area (Å²) in [6.45, 7) is 5.99. The lowest BCUT2D eigenvalue weighted by molar-refractivity contribution is -0.147. The number of aliphatic hydroxyl groups is 1. The number of hydrogen-bond acceptors (Lipinski definition) is 8. The number of nitrogens with zero attached hydrogens (tertiary/aromatic N) is 1. The van der Waals surface area contributed by atoms with E-state index < -0.39 is 38.9 Å². The van der Waals surface area contributed by atoms with Gasteiger partial charge in [0, 0.05) is 17.4 Å². The zero-order chi connectivity index (χ0) is 32.1. The number of sulfonamides is 1. The summed E-state index contributed by atoms with van der Waals surface area (Å²) in [7, 11) is -1.40. The molecule has 10 nitrogen and oxygen atoms in total. The Balaban J connectivity index is 1.60. The molecule has 3 N–H and O–H groups in total. The smallest absolute Gasteiger partial charge is 0.254 e. The highest BCUT2D eigenvalue weighted by molar-refractivity contribution is 8.00. The number of aliphatic hydroxyl groups excluding tert-OH is 1. The Morgan fingerprint density at radius 2 is 1.68 bits per heavy atom. The number of carbonyl (C=O) groups is 2. The molecular weight excluding hydrogens is 603 g/mol. The minimum absolute atomic E-state index is 0.0226. The first-order valence-electron chi connectivity index (χ1n) is 14.1. The average Bonchev–Trinajstić information content (AvgIpc) is 3.34. The average molecular weight is 642 g/mol. The van der Waals surface area contributed by atoms with E-state index in [-0.39, 0.29) is 35.4 Å². The Bertz CT molecular complexity index is 1580. The van der Waals surface area contributed by atoms with Crippen molar-refractivity contribution in [1.29, 1.82) is 0 Å². The van der Waals surface area contributed by atoms with Crippen molar-refractivity contribution in [3.05, 3.63) is 89.5 Å². The van der Waals surface area contributed by atoms with Crippen LogP contribution in [0.5, 0.6) is 11.5 Å². The number of hydrogen-bond donors (Lipinski definition) is 3. The van der Waals surface area contributed by atoms with Crippen molar-refractivity contribution in [1.82, 2.24) is 14.9 Å². The molecule has 0 radical (unpaired) electrons. The predicted octanol–water partition coefficient (Wildman–Crippen LogP) is 3.26. The molecule has 44 heavy (non-hydrogen) atoms. The van der Waals surface area contributed by atoms with Crippen LogP contribution >= 0.6 is 11.8 Å². The van der Waals surface area contributed by atoms with Gasteiger partial charge >= 0.3 is 0 Å². The number of ether oxygens (including phenoxy) is 2. The lowest BCUT2D eigenvalue weighted by atomic mass is 9.97. The maximum absolute atomic E-state index is 13.9. The quantitative estimate of drug-likeness (QED) is 0.275. The van der Waals surface area contributed by atoms with Crippen LogP contribution in [-0.2, 0) is 32.6 Å². The minimum Gasteiger partial charge on any atom is -0.493 e. The number of benzene rings is 3. The fourth-order valence-corrected chi connectivity index (χ4v) is 7.58. The van der Waals surface area contributed by atoms with E-state index in [0.29, 0.717) is 11.3 Å². The second kappa shape index (κ2) is 14.0. The van der Waals surface area contributed by atoms with Gasteiger partial charge in [-0.3, -0.25) is 9.59 Å². The minimum atomic E-state index is -4.24. The standard InChI is InChI=1S/C32H39N3O7S2/c1-21-11-9-10-14-23(21)19-33-30(37)29-32(2,3)43-20-35(29)31(38)28(36)25(17-22-12-7-6-8-13-22)34-44(39,40)24-15-16-26(41-4)27(18-24)42-5/h6-16,18,25,28-29,34,36H,17,19-20H2,1-5H3,(H,33,37). The molecule has 0 bridgehead atoms. The van der Waals surface area contributed by atoms with Crippen LogP contribution < -0.4 is 19.5 Å². The van der Waals surface area contributed by atoms with Crippen molar-refractivity contribution < 1.29 is 32.6 Å². The summed E-state index contributed by atoms with van der Waals surface area (Å²) < 4.78 is 39.5. The van der Waals surface area contributed by atoms with E-state index in [1.807, 2.05) is 51.1 Å². The van der Waals surface area contributed by atoms with Crippen LogP contribution in [-0.4, -0.2) is 73.3 Å². The van der Waals surface area contributed by atoms with E-state index in [9.17, 15) is 23.1 Å². The summed E-state index contributed by atoms with van der Waals surface area (Å²) in [5.41, 5.74) is 2.69. The monoisotopic (exact) mass is 641 g/mol. The Morgan fingerprint density at radius 1 is 1.02 bits per heavy atom. The molecule has 0 spiro atoms. The number of methoxy groups -OCH3 is 2. The fraction of sp³-hybridized carbons (Fsp3) is 0.375. The van der Waals surface area contributed by atoms with Crippen molar-refractivity contribution in [2.45, 2.75) is 61.6 Å². The molecule has 3 aromatic carbocycles. The predicted molar refractivity (Wildman–Crippen MR) is 170 cm³/mol. The number of amides is 2. The normalized spacial score (nSPS) is 17.5. The van der Waals surface area contributed by atoms with Gasteiger partial charge in [0.15, 0.2) is 11.5 Å². The molecule has 1 heterocycles. The number of aryl methyl sites for hydroxylation is 1. The maximum Gasteiger partial charge on any atom is 0.254 e. The maximum atomic E-state index is 13.9. The van der Waals surface area contributed by atoms with Gasteiger partial charge in [0.2, 0.25) is 15.9 Å². The zero-order valence-electron chi connectivity index (χ0n) is 25.4. The molecule has 4 rings (SSSR count). The summed E-state index contributed by atoms with van der Waals surface area (Å²) in [5, 5.41) is 14.5. The van der Waals surface area contributed by atoms with Gasteiger partial charge in [0.1, 0.15) is 12.1 Å². The van der Waals surface area contributed by atoms with Crippen LogP contribution in [0.15, 0.2) is 77.7 Å². The molecule has 236 valence electrons. The molecule has 0 saturated carbocycles. The summed E-state index contributed by atoms with van der Waals surface area (Å²) in [6, 6.07) is 18.7. The lowest BCUT2D eigenvalue weighted by Crippen LogP contribution is -2.58. The molecule has 3 aromatic rings. The highest BCUT2D eigenvalue weighted by Gasteiger charge is 2.50. The first-order valence-corrected chi connectivity index (χ1v) is 16.6. The molecule has 1 saturated heterocycles. The third kappa shape index (κ3) is 7.55. The van der Waals surface area contributed by atoms with Gasteiger partial charge in [-0.15, -0.1) is 11.8 Å². The van der Waals surface area contributed by atoms with E-state index >= 15 is 0 Å². The SMILES string of the molecule is COc1ccc(S(=O)(=O)NC(Cc2ccccc2)C(O)C(=O)N2CSC(C)(C)C2C(=O)NCc2ccccc2C)cc1OC. The van der Waals surface area contributed by atoms with E-state index in [4.69, 9.17) is 9.47 Å². The van der Waals surface area contributed by atoms with Crippen molar-refractivity contribution in [3.8, 4) is 11.5 Å². The summed E-state index contributed by atoms with van der Waals surface area (Å²) in [5.74, 6) is -0.374. The van der Waals surface area contributed by atoms with Gasteiger partial charge in [-0.25, -0.2) is 13.1 Å². The molecule has 1 fully saturated rings. The van der Waals surface area contributed by atoms with E-state index in [1.54, 1.807) is 24.3 Å². The van der Waals surface area contributed by atoms with Crippen LogP contribution in [0.25, 0.3) is 0 Å². The van der Waals surface area contributed by atoms with Gasteiger partial charge in [0.25, 0.3) is 5.91 Å². The largest absolute Gasteiger partial charge is 0.493 e. The third-order valence-corrected chi connectivity index (χ3v) is 10.6. The highest BCUT2D eigenvalue weighted by atomic mass is 32.2. The van der Waals surface area contributed by atoms with Crippen molar-refractivity contribution in [3.63, 3.8) is 0 Å². The topological polar surface area (TPSA) is 134 Å². The van der Waals surface area contributed by atoms with E-state index in [1.165, 1.54) is 49.1 Å². The molecule has 2 amide bonds. The first kappa shape index (κ1) is 33.3. The Hall–Kier alpha value is -3.58. The number of carbonyl (C=O) groups excluding carboxylic acids is 2. The first-order chi connectivity index (χ1) is 20.9. The van der Waals surface area contributed by atoms with Crippen LogP contribution in [0.4, 0.5) is 0 Å². The number of thioether (sulfide) groups is 1. The Labute approximate surface area is 263 Å². The summed E-state index contributed by atoms with van der Waals surface area (Å²) >= 11 is 1.42. The molecule has 12 heteroatoms. The van der Waals surface area contributed by atoms with Crippen LogP contribution in [0.2, 0.25) is 0 Å². The Morgan fingerprint density at radius 3 is 2.34 bits per heavy atom. The molecule has 0 aliphatic carbocycles. The van der Waals surface area contributed by atoms with E-state index in [0.717, 1.165) is 11.1 Å². The van der Waals surface area contributed by atoms with Crippen molar-refractivity contribution >= 4 is 33.6 Å². The zero-order valence-corrected chi connectivity index (χ0v) is 27.1. The second-order valence-electron chi connectivity index (χ2n) is 11.1. The molecular formula is C32H39N3O7S2. The third-order valence-electron chi connectivity index (χ3n) is 7.70. The Kier molecular flexibility index (Phi) is 10.6. The number of nitrogens with one attached hydrogen (secondary N) is 2. The molecule has 1 aliphatic heterocycles. The van der Waals surface area contributed by atoms with Gasteiger partial charge in [-0.05, 0) is 56.0 Å². The van der Waals surface area contributed by atoms with Crippen LogP contribution in [0, 0.1) is 6.92 Å². The van der Waals surface area contributed by atoms with Gasteiger partial charge in [0.05, 0.1) is 31.0 Å². The van der Waals surface area contributed by atoms with Crippen molar-refractivity contribution in [2.24, 2.45) is 0 Å². The van der Waals surface area contributed by atoms with Crippen LogP contribution in [0.1, 0.15) is 30.5 Å². The summed E-state index contributed by atoms with van der Waals surface area (Å²) in [6.07, 6.45) is -1.76. The molecule has 1 aliphatic rings. The van der Waals surface area contributed by atoms with Crippen LogP contribution in [0.3, 0.4) is 0 Å². The fourth-order valence-electron chi connectivity index (χ4n) is 5.18. The summed E-state index contributed by atoms with van der Waals surface area (Å²) in [4.78, 5) is 28.7. The van der Waals surface area contributed by atoms with Gasteiger partial charge < -0.3 is 24.8 Å². The van der Waals surface area contributed by atoms with Gasteiger partial charge in [-0.2, -0.15) is 0 Å². The molecule has 3 atom stereocenters. The van der Waals surface area contributed by atoms with Gasteiger partial charge in [-0.1, -0.05) is 54.6 Å². The number of rotatable bonds is 12. The lowest BCUT2D eigenvalue weighted by Gasteiger charge is -2.33. The molecule has 3 unspecified atom stereocenters. The van der Waals surface area contributed by atoms with E-state index in [2.05, 4.69) is 10.0 Å². The molecule has 0 aromatic heterocycles.